The van der Waals surface area contributed by atoms with Crippen LogP contribution >= 0.6 is 0 Å². The van der Waals surface area contributed by atoms with E-state index >= 15 is 0 Å². The SMILES string of the molecule is C=C(C(=O)O)C(CC)CCCO. The van der Waals surface area contributed by atoms with Crippen LogP contribution < -0.4 is 0 Å². The molecular formula is C9H16O3. The molecular weight excluding hydrogens is 156 g/mol. The Hall–Kier alpha value is -0.830. The van der Waals surface area contributed by atoms with Gasteiger partial charge in [0, 0.05) is 12.2 Å². The van der Waals surface area contributed by atoms with Crippen molar-refractivity contribution >= 4 is 5.97 Å². The molecule has 1 unspecified atom stereocenters. The summed E-state index contributed by atoms with van der Waals surface area (Å²) in [5.41, 5.74) is 0.256. The van der Waals surface area contributed by atoms with E-state index in [1.165, 1.54) is 0 Å². The smallest absolute Gasteiger partial charge is 0.331 e. The lowest BCUT2D eigenvalue weighted by atomic mass is 9.93. The normalized spacial score (nSPS) is 12.5. The molecule has 0 aromatic heterocycles. The Labute approximate surface area is 72.7 Å². The van der Waals surface area contributed by atoms with Gasteiger partial charge in [0.2, 0.25) is 0 Å². The highest BCUT2D eigenvalue weighted by atomic mass is 16.4. The minimum atomic E-state index is -0.931. The predicted octanol–water partition coefficient (Wildman–Crippen LogP) is 1.43. The number of carboxylic acids is 1. The maximum absolute atomic E-state index is 10.5. The quantitative estimate of drug-likeness (QED) is 0.596. The molecule has 0 amide bonds. The molecule has 0 rings (SSSR count). The third kappa shape index (κ3) is 3.53. The summed E-state index contributed by atoms with van der Waals surface area (Å²) in [6.45, 7) is 5.54. The number of carbonyl (C=O) groups is 1. The lowest BCUT2D eigenvalue weighted by Crippen LogP contribution is -2.11. The second-order valence-corrected chi connectivity index (χ2v) is 2.80. The summed E-state index contributed by atoms with van der Waals surface area (Å²) >= 11 is 0. The Kier molecular flexibility index (Phi) is 5.37. The summed E-state index contributed by atoms with van der Waals surface area (Å²) in [5.74, 6) is -0.922. The fourth-order valence-electron chi connectivity index (χ4n) is 1.14. The number of rotatable bonds is 6. The second kappa shape index (κ2) is 5.77. The molecule has 0 saturated heterocycles. The van der Waals surface area contributed by atoms with Crippen LogP contribution in [0.2, 0.25) is 0 Å². The Bertz CT molecular complexity index is 163. The molecule has 0 aliphatic rings. The molecule has 12 heavy (non-hydrogen) atoms. The molecule has 2 N–H and O–H groups in total. The van der Waals surface area contributed by atoms with Crippen molar-refractivity contribution in [2.75, 3.05) is 6.61 Å². The van der Waals surface area contributed by atoms with E-state index < -0.39 is 5.97 Å². The largest absolute Gasteiger partial charge is 0.478 e. The minimum absolute atomic E-state index is 0.00894. The summed E-state index contributed by atoms with van der Waals surface area (Å²) in [4.78, 5) is 10.5. The van der Waals surface area contributed by atoms with Crippen LogP contribution in [0.4, 0.5) is 0 Å². The van der Waals surface area contributed by atoms with Gasteiger partial charge >= 0.3 is 5.97 Å². The van der Waals surface area contributed by atoms with E-state index in [4.69, 9.17) is 10.2 Å². The molecule has 70 valence electrons. The summed E-state index contributed by atoms with van der Waals surface area (Å²) in [7, 11) is 0. The van der Waals surface area contributed by atoms with Gasteiger partial charge < -0.3 is 10.2 Å². The highest BCUT2D eigenvalue weighted by Crippen LogP contribution is 2.19. The molecule has 0 spiro atoms. The van der Waals surface area contributed by atoms with Crippen LogP contribution in [-0.4, -0.2) is 22.8 Å². The molecule has 0 bridgehead atoms. The average Bonchev–Trinajstić information content (AvgIpc) is 2.05. The van der Waals surface area contributed by atoms with Gasteiger partial charge in [-0.25, -0.2) is 4.79 Å². The van der Waals surface area contributed by atoms with E-state index in [0.717, 1.165) is 6.42 Å². The minimum Gasteiger partial charge on any atom is -0.478 e. The first-order valence-electron chi connectivity index (χ1n) is 4.16. The number of aliphatic hydroxyl groups is 1. The Morgan fingerprint density at radius 2 is 2.17 bits per heavy atom. The van der Waals surface area contributed by atoms with Crippen molar-refractivity contribution in [3.8, 4) is 0 Å². The zero-order chi connectivity index (χ0) is 9.56. The predicted molar refractivity (Wildman–Crippen MR) is 46.9 cm³/mol. The Balaban J connectivity index is 3.96. The topological polar surface area (TPSA) is 57.5 Å². The zero-order valence-corrected chi connectivity index (χ0v) is 7.42. The standard InChI is InChI=1S/C9H16O3/c1-3-8(5-4-6-10)7(2)9(11)12/h8,10H,2-6H2,1H3,(H,11,12). The van der Waals surface area contributed by atoms with Crippen LogP contribution in [0.3, 0.4) is 0 Å². The van der Waals surface area contributed by atoms with Crippen LogP contribution in [-0.2, 0) is 4.79 Å². The van der Waals surface area contributed by atoms with Crippen LogP contribution in [0.5, 0.6) is 0 Å². The van der Waals surface area contributed by atoms with Gasteiger partial charge in [-0.15, -0.1) is 0 Å². The Morgan fingerprint density at radius 3 is 2.50 bits per heavy atom. The average molecular weight is 172 g/mol. The number of hydrogen-bond donors (Lipinski definition) is 2. The summed E-state index contributed by atoms with van der Waals surface area (Å²) in [6, 6.07) is 0. The summed E-state index contributed by atoms with van der Waals surface area (Å²) in [6.07, 6.45) is 2.12. The number of aliphatic carboxylic acids is 1. The zero-order valence-electron chi connectivity index (χ0n) is 7.42. The lowest BCUT2D eigenvalue weighted by Gasteiger charge is -2.13. The van der Waals surface area contributed by atoms with Crippen molar-refractivity contribution in [2.24, 2.45) is 5.92 Å². The van der Waals surface area contributed by atoms with E-state index in [2.05, 4.69) is 6.58 Å². The molecule has 3 heteroatoms. The van der Waals surface area contributed by atoms with Gasteiger partial charge in [0.1, 0.15) is 0 Å². The van der Waals surface area contributed by atoms with Crippen LogP contribution in [0, 0.1) is 5.92 Å². The maximum Gasteiger partial charge on any atom is 0.331 e. The van der Waals surface area contributed by atoms with Gasteiger partial charge in [-0.3, -0.25) is 0 Å². The van der Waals surface area contributed by atoms with Crippen molar-refractivity contribution in [3.63, 3.8) is 0 Å². The molecule has 0 aromatic rings. The van der Waals surface area contributed by atoms with E-state index in [9.17, 15) is 4.79 Å². The highest BCUT2D eigenvalue weighted by Gasteiger charge is 2.15. The van der Waals surface area contributed by atoms with E-state index in [0.29, 0.717) is 12.8 Å². The molecule has 3 nitrogen and oxygen atoms in total. The summed E-state index contributed by atoms with van der Waals surface area (Å²) < 4.78 is 0. The highest BCUT2D eigenvalue weighted by molar-refractivity contribution is 5.86. The first kappa shape index (κ1) is 11.2. The van der Waals surface area contributed by atoms with Crippen LogP contribution in [0.1, 0.15) is 26.2 Å². The molecule has 0 fully saturated rings. The van der Waals surface area contributed by atoms with Gasteiger partial charge in [-0.2, -0.15) is 0 Å². The number of hydrogen-bond acceptors (Lipinski definition) is 2. The van der Waals surface area contributed by atoms with Gasteiger partial charge in [-0.05, 0) is 25.2 Å². The van der Waals surface area contributed by atoms with Gasteiger partial charge in [0.15, 0.2) is 0 Å². The van der Waals surface area contributed by atoms with Crippen LogP contribution in [0.15, 0.2) is 12.2 Å². The van der Waals surface area contributed by atoms with Gasteiger partial charge in [0.25, 0.3) is 0 Å². The number of carboxylic acid groups (broad SMARTS) is 1. The van der Waals surface area contributed by atoms with E-state index in [-0.39, 0.29) is 18.1 Å². The maximum atomic E-state index is 10.5. The van der Waals surface area contributed by atoms with Crippen LogP contribution in [0.25, 0.3) is 0 Å². The summed E-state index contributed by atoms with van der Waals surface area (Å²) in [5, 5.41) is 17.2. The Morgan fingerprint density at radius 1 is 1.58 bits per heavy atom. The molecule has 0 aliphatic heterocycles. The lowest BCUT2D eigenvalue weighted by molar-refractivity contribution is -0.133. The van der Waals surface area contributed by atoms with Crippen molar-refractivity contribution in [1.29, 1.82) is 0 Å². The monoisotopic (exact) mass is 172 g/mol. The van der Waals surface area contributed by atoms with Crippen molar-refractivity contribution in [3.05, 3.63) is 12.2 Å². The first-order chi connectivity index (χ1) is 5.63. The van der Waals surface area contributed by atoms with E-state index in [1.54, 1.807) is 0 Å². The first-order valence-corrected chi connectivity index (χ1v) is 4.16. The molecule has 0 aromatic carbocycles. The third-order valence-electron chi connectivity index (χ3n) is 1.97. The molecule has 1 atom stereocenters. The molecule has 0 radical (unpaired) electrons. The van der Waals surface area contributed by atoms with Crippen molar-refractivity contribution in [1.82, 2.24) is 0 Å². The van der Waals surface area contributed by atoms with Crippen molar-refractivity contribution in [2.45, 2.75) is 26.2 Å². The fourth-order valence-corrected chi connectivity index (χ4v) is 1.14. The molecule has 0 saturated carbocycles. The van der Waals surface area contributed by atoms with Gasteiger partial charge in [0.05, 0.1) is 0 Å². The third-order valence-corrected chi connectivity index (χ3v) is 1.97. The van der Waals surface area contributed by atoms with Gasteiger partial charge in [-0.1, -0.05) is 13.5 Å². The van der Waals surface area contributed by atoms with E-state index in [1.807, 2.05) is 6.92 Å². The fraction of sp³-hybridized carbons (Fsp3) is 0.667. The molecule has 0 aliphatic carbocycles. The number of aliphatic hydroxyl groups excluding tert-OH is 1. The van der Waals surface area contributed by atoms with Crippen molar-refractivity contribution < 1.29 is 15.0 Å². The molecule has 0 heterocycles. The second-order valence-electron chi connectivity index (χ2n) is 2.80.